The molecule has 86 valence electrons. The Bertz CT molecular complexity index is 234. The fraction of sp³-hybridized carbons (Fsp3) is 0.917. The van der Waals surface area contributed by atoms with Crippen LogP contribution in [0, 0.1) is 17.2 Å². The Morgan fingerprint density at radius 3 is 2.87 bits per heavy atom. The largest absolute Gasteiger partial charge is 0.302 e. The average Bonchev–Trinajstić information content (AvgIpc) is 2.66. The first kappa shape index (κ1) is 12.5. The molecular formula is C12H23N3. The SMILES string of the molecule is CCCC1CCN(CC(C)(C#N)NC)C1. The Labute approximate surface area is 93.5 Å². The van der Waals surface area contributed by atoms with Crippen LogP contribution in [0.5, 0.6) is 0 Å². The summed E-state index contributed by atoms with van der Waals surface area (Å²) in [7, 11) is 1.86. The van der Waals surface area contributed by atoms with Crippen LogP contribution in [0.2, 0.25) is 0 Å². The van der Waals surface area contributed by atoms with Crippen molar-refractivity contribution < 1.29 is 0 Å². The Morgan fingerprint density at radius 1 is 1.60 bits per heavy atom. The summed E-state index contributed by atoms with van der Waals surface area (Å²) in [5, 5.41) is 12.2. The molecule has 0 spiro atoms. The highest BCUT2D eigenvalue weighted by Crippen LogP contribution is 2.22. The van der Waals surface area contributed by atoms with Crippen molar-refractivity contribution in [1.82, 2.24) is 10.2 Å². The zero-order valence-corrected chi connectivity index (χ0v) is 10.2. The summed E-state index contributed by atoms with van der Waals surface area (Å²) in [6, 6.07) is 2.35. The van der Waals surface area contributed by atoms with Crippen molar-refractivity contribution in [2.24, 2.45) is 5.92 Å². The molecule has 3 heteroatoms. The molecule has 2 unspecified atom stereocenters. The van der Waals surface area contributed by atoms with E-state index in [0.29, 0.717) is 0 Å². The summed E-state index contributed by atoms with van der Waals surface area (Å²) >= 11 is 0. The molecule has 0 bridgehead atoms. The minimum absolute atomic E-state index is 0.388. The van der Waals surface area contributed by atoms with Crippen LogP contribution in [-0.2, 0) is 0 Å². The Kier molecular flexibility index (Phi) is 4.56. The van der Waals surface area contributed by atoms with E-state index >= 15 is 0 Å². The molecule has 1 heterocycles. The summed E-state index contributed by atoms with van der Waals surface area (Å²) in [5.74, 6) is 0.856. The fourth-order valence-electron chi connectivity index (χ4n) is 2.32. The first-order valence-corrected chi connectivity index (χ1v) is 5.96. The van der Waals surface area contributed by atoms with E-state index in [1.54, 1.807) is 0 Å². The van der Waals surface area contributed by atoms with Gasteiger partial charge >= 0.3 is 0 Å². The van der Waals surface area contributed by atoms with Crippen molar-refractivity contribution >= 4 is 0 Å². The number of hydrogen-bond acceptors (Lipinski definition) is 3. The van der Waals surface area contributed by atoms with Gasteiger partial charge in [-0.3, -0.25) is 0 Å². The lowest BCUT2D eigenvalue weighted by Crippen LogP contribution is -2.48. The Morgan fingerprint density at radius 2 is 2.33 bits per heavy atom. The van der Waals surface area contributed by atoms with Crippen LogP contribution in [-0.4, -0.2) is 37.1 Å². The predicted octanol–water partition coefficient (Wildman–Crippen LogP) is 1.61. The van der Waals surface area contributed by atoms with Gasteiger partial charge in [0.05, 0.1) is 6.07 Å². The first-order chi connectivity index (χ1) is 7.13. The highest BCUT2D eigenvalue weighted by atomic mass is 15.2. The van der Waals surface area contributed by atoms with Crippen molar-refractivity contribution in [3.05, 3.63) is 0 Å². The number of likely N-dealkylation sites (tertiary alicyclic amines) is 1. The predicted molar refractivity (Wildman–Crippen MR) is 62.5 cm³/mol. The van der Waals surface area contributed by atoms with Gasteiger partial charge in [0.1, 0.15) is 5.54 Å². The van der Waals surface area contributed by atoms with Gasteiger partial charge in [0, 0.05) is 13.1 Å². The molecule has 0 saturated carbocycles. The second-order valence-corrected chi connectivity index (χ2v) is 4.87. The summed E-state index contributed by atoms with van der Waals surface area (Å²) in [6.07, 6.45) is 3.92. The van der Waals surface area contributed by atoms with Crippen LogP contribution < -0.4 is 5.32 Å². The molecule has 0 aromatic heterocycles. The lowest BCUT2D eigenvalue weighted by molar-refractivity contribution is 0.259. The quantitative estimate of drug-likeness (QED) is 0.747. The zero-order valence-electron chi connectivity index (χ0n) is 10.2. The normalized spacial score (nSPS) is 26.1. The van der Waals surface area contributed by atoms with Crippen LogP contribution in [0.25, 0.3) is 0 Å². The molecule has 1 N–H and O–H groups in total. The number of nitriles is 1. The van der Waals surface area contributed by atoms with E-state index in [4.69, 9.17) is 5.26 Å². The molecule has 2 atom stereocenters. The lowest BCUT2D eigenvalue weighted by atomic mass is 10.0. The van der Waals surface area contributed by atoms with Crippen LogP contribution >= 0.6 is 0 Å². The van der Waals surface area contributed by atoms with Gasteiger partial charge in [0.25, 0.3) is 0 Å². The van der Waals surface area contributed by atoms with Gasteiger partial charge in [0.2, 0.25) is 0 Å². The van der Waals surface area contributed by atoms with Crippen LogP contribution in [0.15, 0.2) is 0 Å². The van der Waals surface area contributed by atoms with Gasteiger partial charge in [0.15, 0.2) is 0 Å². The topological polar surface area (TPSA) is 39.1 Å². The second kappa shape index (κ2) is 5.48. The third-order valence-corrected chi connectivity index (χ3v) is 3.41. The van der Waals surface area contributed by atoms with Gasteiger partial charge in [-0.15, -0.1) is 0 Å². The molecule has 1 rings (SSSR count). The monoisotopic (exact) mass is 209 g/mol. The molecule has 1 aliphatic heterocycles. The first-order valence-electron chi connectivity index (χ1n) is 5.96. The molecule has 15 heavy (non-hydrogen) atoms. The van der Waals surface area contributed by atoms with E-state index in [-0.39, 0.29) is 5.54 Å². The highest BCUT2D eigenvalue weighted by molar-refractivity contribution is 5.05. The molecule has 3 nitrogen and oxygen atoms in total. The zero-order chi connectivity index (χ0) is 11.3. The van der Waals surface area contributed by atoms with Crippen LogP contribution in [0.1, 0.15) is 33.1 Å². The maximum absolute atomic E-state index is 9.08. The fourth-order valence-corrected chi connectivity index (χ4v) is 2.32. The third kappa shape index (κ3) is 3.48. The van der Waals surface area contributed by atoms with Crippen molar-refractivity contribution in [1.29, 1.82) is 5.26 Å². The van der Waals surface area contributed by atoms with E-state index in [9.17, 15) is 0 Å². The van der Waals surface area contributed by atoms with E-state index in [1.807, 2.05) is 14.0 Å². The van der Waals surface area contributed by atoms with Crippen molar-refractivity contribution in [2.45, 2.75) is 38.6 Å². The van der Waals surface area contributed by atoms with Gasteiger partial charge < -0.3 is 10.2 Å². The smallest absolute Gasteiger partial charge is 0.116 e. The molecule has 1 saturated heterocycles. The van der Waals surface area contributed by atoms with Crippen LogP contribution in [0.3, 0.4) is 0 Å². The molecule has 0 radical (unpaired) electrons. The van der Waals surface area contributed by atoms with E-state index in [0.717, 1.165) is 19.0 Å². The number of rotatable bonds is 5. The lowest BCUT2D eigenvalue weighted by Gasteiger charge is -2.27. The van der Waals surface area contributed by atoms with Gasteiger partial charge in [-0.05, 0) is 39.3 Å². The minimum Gasteiger partial charge on any atom is -0.302 e. The van der Waals surface area contributed by atoms with Gasteiger partial charge in [-0.25, -0.2) is 0 Å². The van der Waals surface area contributed by atoms with Gasteiger partial charge in [-0.2, -0.15) is 5.26 Å². The summed E-state index contributed by atoms with van der Waals surface area (Å²) < 4.78 is 0. The van der Waals surface area contributed by atoms with E-state index in [2.05, 4.69) is 23.2 Å². The Hall–Kier alpha value is -0.590. The highest BCUT2D eigenvalue weighted by Gasteiger charge is 2.29. The maximum atomic E-state index is 9.08. The molecule has 0 amide bonds. The molecule has 1 aliphatic rings. The van der Waals surface area contributed by atoms with Crippen molar-refractivity contribution in [3.63, 3.8) is 0 Å². The molecule has 0 aliphatic carbocycles. The van der Waals surface area contributed by atoms with E-state index < -0.39 is 0 Å². The average molecular weight is 209 g/mol. The summed E-state index contributed by atoms with van der Waals surface area (Å²) in [4.78, 5) is 2.42. The number of nitrogens with zero attached hydrogens (tertiary/aromatic N) is 2. The molecule has 0 aromatic rings. The third-order valence-electron chi connectivity index (χ3n) is 3.41. The molecule has 0 aromatic carbocycles. The number of likely N-dealkylation sites (N-methyl/N-ethyl adjacent to an activating group) is 1. The molecular weight excluding hydrogens is 186 g/mol. The number of nitrogens with one attached hydrogen (secondary N) is 1. The van der Waals surface area contributed by atoms with E-state index in [1.165, 1.54) is 25.8 Å². The minimum atomic E-state index is -0.388. The van der Waals surface area contributed by atoms with Gasteiger partial charge in [-0.1, -0.05) is 13.3 Å². The Balaban J connectivity index is 2.39. The van der Waals surface area contributed by atoms with Crippen LogP contribution in [0.4, 0.5) is 0 Å². The number of hydrogen-bond donors (Lipinski definition) is 1. The summed E-state index contributed by atoms with van der Waals surface area (Å²) in [5.41, 5.74) is -0.388. The second-order valence-electron chi connectivity index (χ2n) is 4.87. The standard InChI is InChI=1S/C12H23N3/c1-4-5-11-6-7-15(8-11)10-12(2,9-13)14-3/h11,14H,4-8,10H2,1-3H3. The van der Waals surface area contributed by atoms with Crippen molar-refractivity contribution in [2.75, 3.05) is 26.7 Å². The maximum Gasteiger partial charge on any atom is 0.116 e. The summed E-state index contributed by atoms with van der Waals surface area (Å²) in [6.45, 7) is 7.40. The van der Waals surface area contributed by atoms with Crippen molar-refractivity contribution in [3.8, 4) is 6.07 Å². The molecule has 1 fully saturated rings.